The van der Waals surface area contributed by atoms with E-state index in [9.17, 15) is 0 Å². The quantitative estimate of drug-likeness (QED) is 0.711. The summed E-state index contributed by atoms with van der Waals surface area (Å²) in [6.45, 7) is 7.32. The molecule has 0 N–H and O–H groups in total. The van der Waals surface area contributed by atoms with Crippen molar-refractivity contribution in [3.63, 3.8) is 0 Å². The highest BCUT2D eigenvalue weighted by atomic mass is 16.5. The Labute approximate surface area is 90.7 Å². The number of hydrogen-bond acceptors (Lipinski definition) is 4. The smallest absolute Gasteiger partial charge is 0.156 e. The van der Waals surface area contributed by atoms with Crippen molar-refractivity contribution < 1.29 is 9.47 Å². The molecule has 0 radical (unpaired) electrons. The Hall–Kier alpha value is -1.16. The van der Waals surface area contributed by atoms with Crippen LogP contribution in [-0.4, -0.2) is 30.3 Å². The first-order valence-electron chi connectivity index (χ1n) is 4.98. The van der Waals surface area contributed by atoms with Crippen LogP contribution in [-0.2, 0) is 10.2 Å². The molecule has 0 atom stereocenters. The first kappa shape index (κ1) is 11.9. The largest absolute Gasteiger partial charge is 0.488 e. The molecule has 0 saturated heterocycles. The Morgan fingerprint density at radius 2 is 1.73 bits per heavy atom. The number of aromatic nitrogens is 2. The summed E-state index contributed by atoms with van der Waals surface area (Å²) in [7, 11) is 1.64. The second kappa shape index (κ2) is 5.07. The van der Waals surface area contributed by atoms with Gasteiger partial charge in [0.05, 0.1) is 19.0 Å². The minimum Gasteiger partial charge on any atom is -0.488 e. The van der Waals surface area contributed by atoms with Gasteiger partial charge in [-0.05, 0) is 0 Å². The third-order valence-corrected chi connectivity index (χ3v) is 1.86. The normalized spacial score (nSPS) is 11.5. The van der Waals surface area contributed by atoms with Crippen LogP contribution < -0.4 is 4.74 Å². The molecule has 0 aromatic carbocycles. The Kier molecular flexibility index (Phi) is 4.03. The van der Waals surface area contributed by atoms with E-state index in [1.165, 1.54) is 0 Å². The lowest BCUT2D eigenvalue weighted by molar-refractivity contribution is 0.146. The lowest BCUT2D eigenvalue weighted by atomic mass is 9.96. The minimum absolute atomic E-state index is 0.0228. The summed E-state index contributed by atoms with van der Waals surface area (Å²) in [5, 5.41) is 0. The average molecular weight is 210 g/mol. The number of rotatable bonds is 4. The maximum absolute atomic E-state index is 5.36. The lowest BCUT2D eigenvalue weighted by Crippen LogP contribution is -2.15. The molecule has 4 nitrogen and oxygen atoms in total. The van der Waals surface area contributed by atoms with Gasteiger partial charge in [0.25, 0.3) is 0 Å². The van der Waals surface area contributed by atoms with Crippen molar-refractivity contribution in [2.75, 3.05) is 20.3 Å². The third-order valence-electron chi connectivity index (χ3n) is 1.86. The summed E-state index contributed by atoms with van der Waals surface area (Å²) >= 11 is 0. The van der Waals surface area contributed by atoms with Crippen LogP contribution in [0.4, 0.5) is 0 Å². The van der Waals surface area contributed by atoms with E-state index in [-0.39, 0.29) is 5.41 Å². The van der Waals surface area contributed by atoms with E-state index in [2.05, 4.69) is 30.7 Å². The molecule has 0 fully saturated rings. The predicted octanol–water partition coefficient (Wildman–Crippen LogP) is 1.80. The van der Waals surface area contributed by atoms with Crippen LogP contribution >= 0.6 is 0 Å². The van der Waals surface area contributed by atoms with Crippen LogP contribution in [0.2, 0.25) is 0 Å². The fourth-order valence-electron chi connectivity index (χ4n) is 1.02. The van der Waals surface area contributed by atoms with Gasteiger partial charge in [0.15, 0.2) is 5.75 Å². The third kappa shape index (κ3) is 3.83. The highest BCUT2D eigenvalue weighted by molar-refractivity contribution is 5.14. The van der Waals surface area contributed by atoms with Gasteiger partial charge in [-0.1, -0.05) is 20.8 Å². The molecule has 0 bridgehead atoms. The summed E-state index contributed by atoms with van der Waals surface area (Å²) in [5.74, 6) is 1.50. The Morgan fingerprint density at radius 3 is 2.20 bits per heavy atom. The Bertz CT molecular complexity index is 290. The summed E-state index contributed by atoms with van der Waals surface area (Å²) in [6.07, 6.45) is 3.40. The molecule has 1 rings (SSSR count). The highest BCUT2D eigenvalue weighted by Gasteiger charge is 2.16. The molecular formula is C11H18N2O2. The fourth-order valence-corrected chi connectivity index (χ4v) is 1.02. The van der Waals surface area contributed by atoms with E-state index >= 15 is 0 Å². The average Bonchev–Trinajstić information content (AvgIpc) is 2.18. The Morgan fingerprint density at radius 1 is 1.13 bits per heavy atom. The zero-order valence-electron chi connectivity index (χ0n) is 9.78. The topological polar surface area (TPSA) is 44.2 Å². The summed E-state index contributed by atoms with van der Waals surface area (Å²) < 4.78 is 10.2. The molecule has 1 aromatic rings. The monoisotopic (exact) mass is 210 g/mol. The van der Waals surface area contributed by atoms with Gasteiger partial charge in [-0.3, -0.25) is 0 Å². The number of ether oxygens (including phenoxy) is 2. The second-order valence-corrected chi connectivity index (χ2v) is 4.33. The maximum Gasteiger partial charge on any atom is 0.156 e. The summed E-state index contributed by atoms with van der Waals surface area (Å²) in [6, 6.07) is 0. The van der Waals surface area contributed by atoms with Crippen molar-refractivity contribution in [3.8, 4) is 5.75 Å². The van der Waals surface area contributed by atoms with Gasteiger partial charge in [0, 0.05) is 12.5 Å². The minimum atomic E-state index is -0.0228. The van der Waals surface area contributed by atoms with Crippen LogP contribution in [0.3, 0.4) is 0 Å². The first-order chi connectivity index (χ1) is 7.04. The van der Waals surface area contributed by atoms with Gasteiger partial charge in [0.1, 0.15) is 12.4 Å². The fraction of sp³-hybridized carbons (Fsp3) is 0.636. The number of nitrogens with zero attached hydrogens (tertiary/aromatic N) is 2. The van der Waals surface area contributed by atoms with Crippen molar-refractivity contribution in [2.24, 2.45) is 0 Å². The molecule has 1 aromatic heterocycles. The molecular weight excluding hydrogens is 192 g/mol. The zero-order valence-corrected chi connectivity index (χ0v) is 9.78. The summed E-state index contributed by atoms with van der Waals surface area (Å²) in [5.41, 5.74) is -0.0228. The lowest BCUT2D eigenvalue weighted by Gasteiger charge is -2.16. The first-order valence-corrected chi connectivity index (χ1v) is 4.98. The molecule has 15 heavy (non-hydrogen) atoms. The molecule has 0 spiro atoms. The number of hydrogen-bond donors (Lipinski definition) is 0. The van der Waals surface area contributed by atoms with E-state index in [1.54, 1.807) is 19.5 Å². The molecule has 0 amide bonds. The zero-order chi connectivity index (χ0) is 11.3. The van der Waals surface area contributed by atoms with Gasteiger partial charge in [0.2, 0.25) is 0 Å². The molecule has 1 heterocycles. The highest BCUT2D eigenvalue weighted by Crippen LogP contribution is 2.18. The van der Waals surface area contributed by atoms with Crippen LogP contribution in [0.1, 0.15) is 26.6 Å². The molecule has 0 aliphatic rings. The number of methoxy groups -OCH3 is 1. The van der Waals surface area contributed by atoms with E-state index in [0.29, 0.717) is 19.0 Å². The SMILES string of the molecule is COCCOc1cnc(C(C)(C)C)nc1. The van der Waals surface area contributed by atoms with Crippen LogP contribution in [0.15, 0.2) is 12.4 Å². The van der Waals surface area contributed by atoms with E-state index < -0.39 is 0 Å². The van der Waals surface area contributed by atoms with Crippen molar-refractivity contribution in [2.45, 2.75) is 26.2 Å². The molecule has 4 heteroatoms. The molecule has 0 unspecified atom stereocenters. The van der Waals surface area contributed by atoms with E-state index in [1.807, 2.05) is 0 Å². The Balaban J connectivity index is 2.57. The maximum atomic E-state index is 5.36. The van der Waals surface area contributed by atoms with E-state index in [0.717, 1.165) is 5.82 Å². The van der Waals surface area contributed by atoms with Crippen molar-refractivity contribution in [1.82, 2.24) is 9.97 Å². The molecule has 84 valence electrons. The van der Waals surface area contributed by atoms with Gasteiger partial charge < -0.3 is 9.47 Å². The van der Waals surface area contributed by atoms with E-state index in [4.69, 9.17) is 9.47 Å². The van der Waals surface area contributed by atoms with Gasteiger partial charge >= 0.3 is 0 Å². The molecule has 0 saturated carbocycles. The molecule has 0 aliphatic carbocycles. The van der Waals surface area contributed by atoms with Crippen LogP contribution in [0, 0.1) is 0 Å². The summed E-state index contributed by atoms with van der Waals surface area (Å²) in [4.78, 5) is 8.50. The molecule has 0 aliphatic heterocycles. The van der Waals surface area contributed by atoms with Crippen LogP contribution in [0.5, 0.6) is 5.75 Å². The van der Waals surface area contributed by atoms with Crippen molar-refractivity contribution in [1.29, 1.82) is 0 Å². The standard InChI is InChI=1S/C11H18N2O2/c1-11(2,3)10-12-7-9(8-13-10)15-6-5-14-4/h7-8H,5-6H2,1-4H3. The van der Waals surface area contributed by atoms with Crippen molar-refractivity contribution in [3.05, 3.63) is 18.2 Å². The van der Waals surface area contributed by atoms with Crippen LogP contribution in [0.25, 0.3) is 0 Å². The predicted molar refractivity (Wildman–Crippen MR) is 58.1 cm³/mol. The van der Waals surface area contributed by atoms with Crippen molar-refractivity contribution >= 4 is 0 Å². The second-order valence-electron chi connectivity index (χ2n) is 4.33. The van der Waals surface area contributed by atoms with Gasteiger partial charge in [-0.25, -0.2) is 9.97 Å². The van der Waals surface area contributed by atoms with Gasteiger partial charge in [-0.2, -0.15) is 0 Å². The van der Waals surface area contributed by atoms with Gasteiger partial charge in [-0.15, -0.1) is 0 Å².